The second-order valence-electron chi connectivity index (χ2n) is 6.16. The van der Waals surface area contributed by atoms with Crippen LogP contribution in [-0.2, 0) is 0 Å². The van der Waals surface area contributed by atoms with Crippen LogP contribution in [0.2, 0.25) is 0 Å². The number of rotatable bonds is 4. The highest BCUT2D eigenvalue weighted by Gasteiger charge is 2.28. The van der Waals surface area contributed by atoms with E-state index in [2.05, 4.69) is 20.3 Å². The van der Waals surface area contributed by atoms with Crippen LogP contribution >= 0.6 is 11.3 Å². The first-order valence-electron chi connectivity index (χ1n) is 8.59. The Hall–Kier alpha value is -2.81. The van der Waals surface area contributed by atoms with Gasteiger partial charge in [-0.1, -0.05) is 36.3 Å². The lowest BCUT2D eigenvalue weighted by Crippen LogP contribution is -2.26. The van der Waals surface area contributed by atoms with Crippen molar-refractivity contribution in [1.82, 2.24) is 15.0 Å². The SMILES string of the molecule is O=[N+]([O-])c1c(Nc2nc3ccccc3s2)ncnc1N1CCCCCC1. The van der Waals surface area contributed by atoms with Crippen molar-refractivity contribution in [2.75, 3.05) is 23.3 Å². The smallest absolute Gasteiger partial charge is 0.351 e. The highest BCUT2D eigenvalue weighted by atomic mass is 32.1. The Kier molecular flexibility index (Phi) is 4.61. The molecule has 8 nitrogen and oxygen atoms in total. The number of hydrogen-bond acceptors (Lipinski definition) is 8. The minimum absolute atomic E-state index is 0.0892. The lowest BCUT2D eigenvalue weighted by Gasteiger charge is -2.21. The zero-order valence-corrected chi connectivity index (χ0v) is 14.9. The molecular formula is C17H18N6O2S. The van der Waals surface area contributed by atoms with Gasteiger partial charge in [-0.3, -0.25) is 10.1 Å². The molecule has 0 spiro atoms. The van der Waals surface area contributed by atoms with Gasteiger partial charge in [0.2, 0.25) is 11.6 Å². The van der Waals surface area contributed by atoms with E-state index in [4.69, 9.17) is 0 Å². The normalized spacial score (nSPS) is 15.0. The van der Waals surface area contributed by atoms with E-state index in [1.807, 2.05) is 29.2 Å². The molecule has 1 aliphatic heterocycles. The number of benzene rings is 1. The van der Waals surface area contributed by atoms with Gasteiger partial charge < -0.3 is 10.2 Å². The molecule has 0 unspecified atom stereocenters. The largest absolute Gasteiger partial charge is 0.353 e. The molecule has 0 radical (unpaired) electrons. The summed E-state index contributed by atoms with van der Waals surface area (Å²) in [6, 6.07) is 7.73. The number of nitrogens with zero attached hydrogens (tertiary/aromatic N) is 5. The van der Waals surface area contributed by atoms with Crippen molar-refractivity contribution in [1.29, 1.82) is 0 Å². The fraction of sp³-hybridized carbons (Fsp3) is 0.353. The molecule has 4 rings (SSSR count). The first-order valence-corrected chi connectivity index (χ1v) is 9.41. The van der Waals surface area contributed by atoms with Gasteiger partial charge in [-0.15, -0.1) is 0 Å². The average molecular weight is 370 g/mol. The quantitative estimate of drug-likeness (QED) is 0.545. The molecule has 0 aliphatic carbocycles. The maximum Gasteiger partial charge on any atom is 0.353 e. The van der Waals surface area contributed by atoms with E-state index in [0.29, 0.717) is 10.9 Å². The monoisotopic (exact) mass is 370 g/mol. The molecule has 0 atom stereocenters. The van der Waals surface area contributed by atoms with Gasteiger partial charge in [-0.2, -0.15) is 0 Å². The number of fused-ring (bicyclic) bond motifs is 1. The highest BCUT2D eigenvalue weighted by molar-refractivity contribution is 7.22. The molecule has 26 heavy (non-hydrogen) atoms. The molecule has 1 fully saturated rings. The number of nitro groups is 1. The predicted octanol–water partition coefficient (Wildman–Crippen LogP) is 4.12. The summed E-state index contributed by atoms with van der Waals surface area (Å²) in [4.78, 5) is 26.2. The van der Waals surface area contributed by atoms with Crippen LogP contribution in [0.1, 0.15) is 25.7 Å². The van der Waals surface area contributed by atoms with Crippen molar-refractivity contribution in [3.8, 4) is 0 Å². The molecule has 2 aromatic heterocycles. The van der Waals surface area contributed by atoms with E-state index in [9.17, 15) is 10.1 Å². The van der Waals surface area contributed by atoms with Crippen molar-refractivity contribution >= 4 is 44.0 Å². The van der Waals surface area contributed by atoms with Crippen molar-refractivity contribution in [3.05, 3.63) is 40.7 Å². The molecule has 1 N–H and O–H groups in total. The van der Waals surface area contributed by atoms with Crippen LogP contribution in [-0.4, -0.2) is 33.0 Å². The topological polar surface area (TPSA) is 97.1 Å². The lowest BCUT2D eigenvalue weighted by atomic mass is 10.2. The zero-order chi connectivity index (χ0) is 17.9. The summed E-state index contributed by atoms with van der Waals surface area (Å²) in [5.41, 5.74) is 0.762. The van der Waals surface area contributed by atoms with Gasteiger partial charge in [0.15, 0.2) is 5.13 Å². The van der Waals surface area contributed by atoms with Crippen molar-refractivity contribution < 1.29 is 4.92 Å². The summed E-state index contributed by atoms with van der Waals surface area (Å²) in [6.45, 7) is 1.55. The van der Waals surface area contributed by atoms with Crippen LogP contribution in [0.3, 0.4) is 0 Å². The minimum atomic E-state index is -0.407. The summed E-state index contributed by atoms with van der Waals surface area (Å²) >= 11 is 1.44. The van der Waals surface area contributed by atoms with Gasteiger partial charge >= 0.3 is 5.69 Å². The fourth-order valence-electron chi connectivity index (χ4n) is 3.17. The van der Waals surface area contributed by atoms with E-state index in [-0.39, 0.29) is 11.5 Å². The lowest BCUT2D eigenvalue weighted by molar-refractivity contribution is -0.383. The Morgan fingerprint density at radius 1 is 1.12 bits per heavy atom. The van der Waals surface area contributed by atoms with Crippen LogP contribution in [0.5, 0.6) is 0 Å². The van der Waals surface area contributed by atoms with Gasteiger partial charge in [0, 0.05) is 13.1 Å². The number of anilines is 3. The number of para-hydroxylation sites is 1. The van der Waals surface area contributed by atoms with Crippen LogP contribution in [0, 0.1) is 10.1 Å². The van der Waals surface area contributed by atoms with Crippen LogP contribution in [0.15, 0.2) is 30.6 Å². The second kappa shape index (κ2) is 7.20. The first kappa shape index (κ1) is 16.6. The zero-order valence-electron chi connectivity index (χ0n) is 14.1. The Balaban J connectivity index is 1.71. The Morgan fingerprint density at radius 3 is 2.62 bits per heavy atom. The molecule has 0 saturated carbocycles. The van der Waals surface area contributed by atoms with Gasteiger partial charge in [0.1, 0.15) is 6.33 Å². The summed E-state index contributed by atoms with van der Waals surface area (Å²) < 4.78 is 1.01. The molecule has 1 aromatic carbocycles. The number of hydrogen-bond donors (Lipinski definition) is 1. The molecule has 1 saturated heterocycles. The summed E-state index contributed by atoms with van der Waals surface area (Å²) in [5, 5.41) is 15.4. The number of thiazole rings is 1. The molecule has 1 aliphatic rings. The van der Waals surface area contributed by atoms with E-state index < -0.39 is 4.92 Å². The van der Waals surface area contributed by atoms with E-state index in [1.165, 1.54) is 17.7 Å². The maximum atomic E-state index is 11.8. The Labute approximate surface area is 154 Å². The molecular weight excluding hydrogens is 352 g/mol. The third kappa shape index (κ3) is 3.30. The maximum absolute atomic E-state index is 11.8. The van der Waals surface area contributed by atoms with E-state index in [0.717, 1.165) is 49.0 Å². The van der Waals surface area contributed by atoms with Crippen molar-refractivity contribution in [2.45, 2.75) is 25.7 Å². The molecule has 3 heterocycles. The van der Waals surface area contributed by atoms with Crippen LogP contribution in [0.25, 0.3) is 10.2 Å². The molecule has 0 amide bonds. The number of aromatic nitrogens is 3. The van der Waals surface area contributed by atoms with E-state index >= 15 is 0 Å². The predicted molar refractivity (Wildman–Crippen MR) is 102 cm³/mol. The van der Waals surface area contributed by atoms with Gasteiger partial charge in [-0.25, -0.2) is 15.0 Å². The van der Waals surface area contributed by atoms with Crippen LogP contribution < -0.4 is 10.2 Å². The Bertz CT molecular complexity index is 903. The van der Waals surface area contributed by atoms with Crippen LogP contribution in [0.4, 0.5) is 22.5 Å². The van der Waals surface area contributed by atoms with Crippen molar-refractivity contribution in [2.24, 2.45) is 0 Å². The summed E-state index contributed by atoms with van der Waals surface area (Å²) in [6.07, 6.45) is 5.70. The summed E-state index contributed by atoms with van der Waals surface area (Å²) in [7, 11) is 0. The van der Waals surface area contributed by atoms with E-state index in [1.54, 1.807) is 0 Å². The molecule has 9 heteroatoms. The summed E-state index contributed by atoms with van der Waals surface area (Å²) in [5.74, 6) is 0.568. The fourth-order valence-corrected chi connectivity index (χ4v) is 4.03. The Morgan fingerprint density at radius 2 is 1.88 bits per heavy atom. The van der Waals surface area contributed by atoms with Gasteiger partial charge in [0.25, 0.3) is 0 Å². The molecule has 3 aromatic rings. The average Bonchev–Trinajstić information content (AvgIpc) is 2.85. The second-order valence-corrected chi connectivity index (χ2v) is 7.20. The standard InChI is InChI=1S/C17H18N6O2S/c24-23(25)14-15(21-17-20-12-7-3-4-8-13(12)26-17)18-11-19-16(14)22-9-5-1-2-6-10-22/h3-4,7-8,11H,1-2,5-6,9-10H2,(H,18,19,20,21). The third-order valence-corrected chi connectivity index (χ3v) is 5.36. The number of nitrogens with one attached hydrogen (secondary N) is 1. The minimum Gasteiger partial charge on any atom is -0.351 e. The highest BCUT2D eigenvalue weighted by Crippen LogP contribution is 2.36. The molecule has 134 valence electrons. The third-order valence-electron chi connectivity index (χ3n) is 4.41. The van der Waals surface area contributed by atoms with Crippen molar-refractivity contribution in [3.63, 3.8) is 0 Å². The van der Waals surface area contributed by atoms with Gasteiger partial charge in [0.05, 0.1) is 15.1 Å². The first-order chi connectivity index (χ1) is 12.7. The molecule has 0 bridgehead atoms. The van der Waals surface area contributed by atoms with Gasteiger partial charge in [-0.05, 0) is 25.0 Å².